The topological polar surface area (TPSA) is 86.2 Å². The van der Waals surface area contributed by atoms with Crippen molar-refractivity contribution in [1.29, 1.82) is 0 Å². The number of ketones is 1. The molecule has 0 saturated carbocycles. The van der Waals surface area contributed by atoms with E-state index in [9.17, 15) is 14.7 Å². The molecular weight excluding hydrogens is 516 g/mol. The zero-order valence-electron chi connectivity index (χ0n) is 24.4. The van der Waals surface area contributed by atoms with Crippen LogP contribution in [0.1, 0.15) is 50.4 Å². The van der Waals surface area contributed by atoms with Crippen LogP contribution < -0.4 is 14.5 Å². The number of hydrogen-bond donors (Lipinski definition) is 1. The van der Waals surface area contributed by atoms with E-state index < -0.39 is 17.7 Å². The van der Waals surface area contributed by atoms with Crippen LogP contribution in [0.25, 0.3) is 5.76 Å². The lowest BCUT2D eigenvalue weighted by molar-refractivity contribution is -0.132. The van der Waals surface area contributed by atoms with E-state index in [0.29, 0.717) is 23.4 Å². The Kier molecular flexibility index (Phi) is 7.87. The van der Waals surface area contributed by atoms with Crippen molar-refractivity contribution in [1.82, 2.24) is 9.88 Å². The zero-order chi connectivity index (χ0) is 29.3. The molecule has 8 nitrogen and oxygen atoms in total. The van der Waals surface area contributed by atoms with Crippen molar-refractivity contribution in [2.24, 2.45) is 0 Å². The highest BCUT2D eigenvalue weighted by Gasteiger charge is 2.47. The van der Waals surface area contributed by atoms with Crippen LogP contribution in [0.4, 0.5) is 11.4 Å². The van der Waals surface area contributed by atoms with Gasteiger partial charge in [0.1, 0.15) is 11.5 Å². The van der Waals surface area contributed by atoms with Gasteiger partial charge in [-0.2, -0.15) is 0 Å². The van der Waals surface area contributed by atoms with E-state index in [4.69, 9.17) is 4.74 Å². The fraction of sp³-hybridized carbons (Fsp3) is 0.364. The SMILES string of the molecule is CCOc1ccc(/C(O)=C2/C(=O)C(=O)N(c3ccc(N4CCN(C)CC4)cc3)C2c2cccnc2)cc1C(C)(C)C. The molecule has 0 spiro atoms. The molecule has 214 valence electrons. The Hall–Kier alpha value is -4.17. The first-order chi connectivity index (χ1) is 19.6. The number of benzene rings is 2. The highest BCUT2D eigenvalue weighted by atomic mass is 16.5. The Labute approximate surface area is 241 Å². The van der Waals surface area contributed by atoms with Gasteiger partial charge in [0.05, 0.1) is 18.2 Å². The summed E-state index contributed by atoms with van der Waals surface area (Å²) in [6, 6.07) is 15.9. The van der Waals surface area contributed by atoms with Crippen molar-refractivity contribution >= 4 is 28.8 Å². The van der Waals surface area contributed by atoms with E-state index >= 15 is 0 Å². The summed E-state index contributed by atoms with van der Waals surface area (Å²) in [5.74, 6) is -0.913. The summed E-state index contributed by atoms with van der Waals surface area (Å²) in [6.07, 6.45) is 3.27. The maximum Gasteiger partial charge on any atom is 0.300 e. The van der Waals surface area contributed by atoms with Gasteiger partial charge in [-0.1, -0.05) is 26.8 Å². The third-order valence-corrected chi connectivity index (χ3v) is 7.80. The number of hydrogen-bond acceptors (Lipinski definition) is 7. The molecule has 2 aliphatic heterocycles. The number of aliphatic hydroxyl groups is 1. The van der Waals surface area contributed by atoms with Gasteiger partial charge in [0, 0.05) is 61.1 Å². The molecule has 3 heterocycles. The number of ether oxygens (including phenoxy) is 1. The van der Waals surface area contributed by atoms with E-state index in [1.54, 1.807) is 24.5 Å². The quantitative estimate of drug-likeness (QED) is 0.256. The molecule has 0 aliphatic carbocycles. The molecule has 0 bridgehead atoms. The number of aliphatic hydroxyl groups excluding tert-OH is 1. The number of piperazine rings is 1. The molecule has 3 aromatic rings. The summed E-state index contributed by atoms with van der Waals surface area (Å²) in [5.41, 5.74) is 3.40. The molecule has 2 saturated heterocycles. The minimum absolute atomic E-state index is 0.0372. The standard InChI is InChI=1S/C33H38N4O4/c1-6-41-27-14-9-22(20-26(27)33(2,3)4)30(38)28-29(23-8-7-15-34-21-23)37(32(40)31(28)39)25-12-10-24(11-13-25)36-18-16-35(5)17-19-36/h7-15,20-21,29,38H,6,16-19H2,1-5H3/b30-28-. The average molecular weight is 555 g/mol. The van der Waals surface area contributed by atoms with Gasteiger partial charge in [0.2, 0.25) is 0 Å². The predicted molar refractivity (Wildman–Crippen MR) is 161 cm³/mol. The van der Waals surface area contributed by atoms with E-state index in [2.05, 4.69) is 42.6 Å². The smallest absolute Gasteiger partial charge is 0.300 e. The van der Waals surface area contributed by atoms with E-state index in [1.807, 2.05) is 49.4 Å². The number of rotatable bonds is 6. The number of carbonyl (C=O) groups is 2. The van der Waals surface area contributed by atoms with Gasteiger partial charge in [-0.25, -0.2) is 0 Å². The van der Waals surface area contributed by atoms with Crippen molar-refractivity contribution in [3.63, 3.8) is 0 Å². The van der Waals surface area contributed by atoms with E-state index in [-0.39, 0.29) is 16.7 Å². The van der Waals surface area contributed by atoms with E-state index in [1.165, 1.54) is 4.90 Å². The van der Waals surface area contributed by atoms with Crippen molar-refractivity contribution in [2.75, 3.05) is 49.6 Å². The zero-order valence-corrected chi connectivity index (χ0v) is 24.4. The van der Waals surface area contributed by atoms with Gasteiger partial charge in [-0.3, -0.25) is 19.5 Å². The van der Waals surface area contributed by atoms with Crippen molar-refractivity contribution < 1.29 is 19.4 Å². The number of pyridine rings is 1. The Morgan fingerprint density at radius 3 is 2.29 bits per heavy atom. The number of likely N-dealkylation sites (N-methyl/N-ethyl adjacent to an activating group) is 1. The summed E-state index contributed by atoms with van der Waals surface area (Å²) < 4.78 is 5.84. The molecule has 5 rings (SSSR count). The fourth-order valence-electron chi connectivity index (χ4n) is 5.54. The Bertz CT molecular complexity index is 1450. The van der Waals surface area contributed by atoms with Crippen molar-refractivity contribution in [3.05, 3.63) is 89.3 Å². The summed E-state index contributed by atoms with van der Waals surface area (Å²) in [5, 5.41) is 11.7. The number of carbonyl (C=O) groups excluding carboxylic acids is 2. The Morgan fingerprint density at radius 2 is 1.68 bits per heavy atom. The summed E-state index contributed by atoms with van der Waals surface area (Å²) >= 11 is 0. The molecule has 1 atom stereocenters. The molecule has 8 heteroatoms. The highest BCUT2D eigenvalue weighted by Crippen LogP contribution is 2.43. The first kappa shape index (κ1) is 28.4. The van der Waals surface area contributed by atoms with Crippen LogP contribution in [-0.4, -0.2) is 66.5 Å². The fourth-order valence-corrected chi connectivity index (χ4v) is 5.54. The second-order valence-corrected chi connectivity index (χ2v) is 11.7. The largest absolute Gasteiger partial charge is 0.507 e. The van der Waals surface area contributed by atoms with Crippen LogP contribution in [0, 0.1) is 0 Å². The molecule has 0 radical (unpaired) electrons. The molecule has 1 aromatic heterocycles. The number of aromatic nitrogens is 1. The third-order valence-electron chi connectivity index (χ3n) is 7.80. The molecular formula is C33H38N4O4. The monoisotopic (exact) mass is 554 g/mol. The highest BCUT2D eigenvalue weighted by molar-refractivity contribution is 6.51. The van der Waals surface area contributed by atoms with Crippen LogP contribution in [0.5, 0.6) is 5.75 Å². The van der Waals surface area contributed by atoms with Crippen LogP contribution >= 0.6 is 0 Å². The molecule has 2 fully saturated rings. The van der Waals surface area contributed by atoms with E-state index in [0.717, 1.165) is 43.2 Å². The molecule has 2 aromatic carbocycles. The maximum absolute atomic E-state index is 13.6. The lowest BCUT2D eigenvalue weighted by Crippen LogP contribution is -2.44. The van der Waals surface area contributed by atoms with Crippen LogP contribution in [0.2, 0.25) is 0 Å². The average Bonchev–Trinajstić information content (AvgIpc) is 3.23. The number of Topliss-reactive ketones (excluding diaryl/α,β-unsaturated/α-hetero) is 1. The predicted octanol–water partition coefficient (Wildman–Crippen LogP) is 5.16. The van der Waals surface area contributed by atoms with Crippen LogP contribution in [0.15, 0.2) is 72.6 Å². The van der Waals surface area contributed by atoms with Gasteiger partial charge in [-0.15, -0.1) is 0 Å². The first-order valence-corrected chi connectivity index (χ1v) is 14.1. The number of anilines is 2. The number of amides is 1. The van der Waals surface area contributed by atoms with Crippen molar-refractivity contribution in [2.45, 2.75) is 39.2 Å². The van der Waals surface area contributed by atoms with Crippen LogP contribution in [0.3, 0.4) is 0 Å². The van der Waals surface area contributed by atoms with Gasteiger partial charge >= 0.3 is 0 Å². The molecule has 1 amide bonds. The maximum atomic E-state index is 13.6. The minimum Gasteiger partial charge on any atom is -0.507 e. The summed E-state index contributed by atoms with van der Waals surface area (Å²) in [4.78, 5) is 37.6. The summed E-state index contributed by atoms with van der Waals surface area (Å²) in [6.45, 7) is 12.4. The lowest BCUT2D eigenvalue weighted by Gasteiger charge is -2.34. The van der Waals surface area contributed by atoms with Gasteiger partial charge in [-0.05, 0) is 73.5 Å². The summed E-state index contributed by atoms with van der Waals surface area (Å²) in [7, 11) is 2.12. The first-order valence-electron chi connectivity index (χ1n) is 14.1. The normalized spacial score (nSPS) is 19.6. The number of nitrogens with zero attached hydrogens (tertiary/aromatic N) is 4. The van der Waals surface area contributed by atoms with Crippen LogP contribution in [-0.2, 0) is 15.0 Å². The lowest BCUT2D eigenvalue weighted by atomic mass is 9.84. The second kappa shape index (κ2) is 11.4. The molecule has 1 unspecified atom stereocenters. The Balaban J connectivity index is 1.59. The molecule has 2 aliphatic rings. The molecule has 1 N–H and O–H groups in total. The van der Waals surface area contributed by atoms with Gasteiger partial charge in [0.15, 0.2) is 0 Å². The second-order valence-electron chi connectivity index (χ2n) is 11.7. The molecule has 41 heavy (non-hydrogen) atoms. The minimum atomic E-state index is -0.831. The third kappa shape index (κ3) is 5.57. The van der Waals surface area contributed by atoms with Gasteiger partial charge in [0.25, 0.3) is 11.7 Å². The van der Waals surface area contributed by atoms with Gasteiger partial charge < -0.3 is 19.6 Å². The van der Waals surface area contributed by atoms with Crippen molar-refractivity contribution in [3.8, 4) is 5.75 Å². The Morgan fingerprint density at radius 1 is 1.00 bits per heavy atom.